The van der Waals surface area contributed by atoms with E-state index in [1.165, 1.54) is 11.1 Å². The monoisotopic (exact) mass is 206 g/mol. The van der Waals surface area contributed by atoms with E-state index in [0.717, 1.165) is 0 Å². The topological polar surface area (TPSA) is 17.1 Å². The van der Waals surface area contributed by atoms with E-state index in [9.17, 15) is 4.79 Å². The molecule has 1 heteroatoms. The molecule has 0 saturated carbocycles. The van der Waals surface area contributed by atoms with Crippen molar-refractivity contribution in [3.8, 4) is 0 Å². The molecule has 0 atom stereocenters. The zero-order chi connectivity index (χ0) is 11.9. The van der Waals surface area contributed by atoms with Crippen LogP contribution in [0.15, 0.2) is 23.3 Å². The fraction of sp³-hybridized carbons (Fsp3) is 0.643. The maximum Gasteiger partial charge on any atom is 0.159 e. The molecule has 0 amide bonds. The summed E-state index contributed by atoms with van der Waals surface area (Å²) in [6.07, 6.45) is 4.50. The van der Waals surface area contributed by atoms with E-state index in [0.29, 0.717) is 6.42 Å². The highest BCUT2D eigenvalue weighted by Gasteiger charge is 2.30. The zero-order valence-corrected chi connectivity index (χ0v) is 10.8. The Kier molecular flexibility index (Phi) is 2.95. The molecule has 0 aromatic carbocycles. The first-order valence-corrected chi connectivity index (χ1v) is 5.58. The molecule has 1 nitrogen and oxygen atoms in total. The van der Waals surface area contributed by atoms with Crippen LogP contribution in [0.4, 0.5) is 0 Å². The molecule has 1 aliphatic carbocycles. The number of rotatable bonds is 0. The fourth-order valence-corrected chi connectivity index (χ4v) is 1.94. The average Bonchev–Trinajstić information content (AvgIpc) is 2.00. The molecule has 1 aliphatic rings. The smallest absolute Gasteiger partial charge is 0.159 e. The molecule has 0 fully saturated rings. The van der Waals surface area contributed by atoms with Gasteiger partial charge in [-0.25, -0.2) is 0 Å². The summed E-state index contributed by atoms with van der Waals surface area (Å²) in [4.78, 5) is 11.5. The molecule has 0 bridgehead atoms. The Balaban J connectivity index is 3.19. The highest BCUT2D eigenvalue weighted by molar-refractivity contribution is 5.94. The summed E-state index contributed by atoms with van der Waals surface area (Å²) < 4.78 is 0. The van der Waals surface area contributed by atoms with E-state index in [4.69, 9.17) is 0 Å². The SMILES string of the molecule is CC(C)(C)C1=CCC(=O)C=C1C(C)(C)C. The van der Waals surface area contributed by atoms with Crippen molar-refractivity contribution in [2.24, 2.45) is 10.8 Å². The quantitative estimate of drug-likeness (QED) is 0.587. The van der Waals surface area contributed by atoms with Crippen LogP contribution in [0.1, 0.15) is 48.0 Å². The molecule has 0 aromatic heterocycles. The first-order chi connectivity index (χ1) is 6.62. The molecule has 0 unspecified atom stereocenters. The van der Waals surface area contributed by atoms with Crippen LogP contribution in [0.2, 0.25) is 0 Å². The first-order valence-electron chi connectivity index (χ1n) is 5.58. The maximum absolute atomic E-state index is 11.5. The van der Waals surface area contributed by atoms with Crippen molar-refractivity contribution >= 4 is 5.78 Å². The molecule has 84 valence electrons. The van der Waals surface area contributed by atoms with Gasteiger partial charge in [0.05, 0.1) is 0 Å². The molecule has 1 rings (SSSR count). The molecular weight excluding hydrogens is 184 g/mol. The van der Waals surface area contributed by atoms with Gasteiger partial charge in [-0.05, 0) is 28.1 Å². The van der Waals surface area contributed by atoms with E-state index >= 15 is 0 Å². The Morgan fingerprint density at radius 3 is 1.80 bits per heavy atom. The lowest BCUT2D eigenvalue weighted by Crippen LogP contribution is -2.23. The number of carbonyl (C=O) groups is 1. The molecule has 0 aromatic rings. The Bertz CT molecular complexity index is 329. The second-order valence-electron chi connectivity index (χ2n) is 6.35. The van der Waals surface area contributed by atoms with E-state index < -0.39 is 0 Å². The highest BCUT2D eigenvalue weighted by atomic mass is 16.1. The van der Waals surface area contributed by atoms with Gasteiger partial charge in [0, 0.05) is 6.42 Å². The standard InChI is InChI=1S/C14H22O/c1-13(2,3)11-8-7-10(15)9-12(11)14(4,5)6/h8-9H,7H2,1-6H3. The van der Waals surface area contributed by atoms with Gasteiger partial charge >= 0.3 is 0 Å². The number of carbonyl (C=O) groups excluding carboxylic acids is 1. The summed E-state index contributed by atoms with van der Waals surface area (Å²) in [6, 6.07) is 0. The second kappa shape index (κ2) is 3.62. The summed E-state index contributed by atoms with van der Waals surface area (Å²) in [5.41, 5.74) is 2.70. The Hall–Kier alpha value is -0.850. The van der Waals surface area contributed by atoms with Crippen molar-refractivity contribution in [3.63, 3.8) is 0 Å². The van der Waals surface area contributed by atoms with Crippen LogP contribution < -0.4 is 0 Å². The van der Waals surface area contributed by atoms with Crippen molar-refractivity contribution < 1.29 is 4.79 Å². The van der Waals surface area contributed by atoms with Gasteiger partial charge in [-0.3, -0.25) is 4.79 Å². The third-order valence-electron chi connectivity index (χ3n) is 2.72. The van der Waals surface area contributed by atoms with Crippen LogP contribution in [-0.4, -0.2) is 5.78 Å². The molecule has 0 saturated heterocycles. The van der Waals surface area contributed by atoms with Gasteiger partial charge in [-0.15, -0.1) is 0 Å². The van der Waals surface area contributed by atoms with Crippen molar-refractivity contribution in [1.29, 1.82) is 0 Å². The summed E-state index contributed by atoms with van der Waals surface area (Å²) in [5, 5.41) is 0. The van der Waals surface area contributed by atoms with Crippen LogP contribution in [0.25, 0.3) is 0 Å². The molecule has 0 radical (unpaired) electrons. The molecule has 0 heterocycles. The lowest BCUT2D eigenvalue weighted by atomic mass is 9.70. The predicted molar refractivity (Wildman–Crippen MR) is 64.7 cm³/mol. The lowest BCUT2D eigenvalue weighted by molar-refractivity contribution is -0.114. The maximum atomic E-state index is 11.5. The van der Waals surface area contributed by atoms with Crippen LogP contribution >= 0.6 is 0 Å². The minimum Gasteiger partial charge on any atom is -0.294 e. The van der Waals surface area contributed by atoms with Gasteiger partial charge in [0.1, 0.15) is 0 Å². The Labute approximate surface area is 93.3 Å². The molecule has 0 spiro atoms. The fourth-order valence-electron chi connectivity index (χ4n) is 1.94. The molecule has 0 N–H and O–H groups in total. The summed E-state index contributed by atoms with van der Waals surface area (Å²) in [7, 11) is 0. The minimum absolute atomic E-state index is 0.0508. The van der Waals surface area contributed by atoms with Gasteiger partial charge < -0.3 is 0 Å². The van der Waals surface area contributed by atoms with Crippen molar-refractivity contribution in [3.05, 3.63) is 23.3 Å². The Morgan fingerprint density at radius 1 is 0.933 bits per heavy atom. The van der Waals surface area contributed by atoms with Crippen molar-refractivity contribution in [2.75, 3.05) is 0 Å². The summed E-state index contributed by atoms with van der Waals surface area (Å²) in [6.45, 7) is 13.1. The van der Waals surface area contributed by atoms with E-state index in [-0.39, 0.29) is 16.6 Å². The highest BCUT2D eigenvalue weighted by Crippen LogP contribution is 2.42. The third-order valence-corrected chi connectivity index (χ3v) is 2.72. The average molecular weight is 206 g/mol. The third kappa shape index (κ3) is 2.80. The lowest BCUT2D eigenvalue weighted by Gasteiger charge is -2.34. The van der Waals surface area contributed by atoms with Gasteiger partial charge in [-0.1, -0.05) is 47.6 Å². The summed E-state index contributed by atoms with van der Waals surface area (Å²) >= 11 is 0. The second-order valence-corrected chi connectivity index (χ2v) is 6.35. The molecular formula is C14H22O. The zero-order valence-electron chi connectivity index (χ0n) is 10.8. The van der Waals surface area contributed by atoms with Gasteiger partial charge in [-0.2, -0.15) is 0 Å². The van der Waals surface area contributed by atoms with Crippen molar-refractivity contribution in [1.82, 2.24) is 0 Å². The van der Waals surface area contributed by atoms with Crippen LogP contribution in [0.3, 0.4) is 0 Å². The van der Waals surface area contributed by atoms with E-state index in [2.05, 4.69) is 47.6 Å². The van der Waals surface area contributed by atoms with Gasteiger partial charge in [0.15, 0.2) is 5.78 Å². The number of hydrogen-bond acceptors (Lipinski definition) is 1. The number of hydrogen-bond donors (Lipinski definition) is 0. The first kappa shape index (κ1) is 12.2. The van der Waals surface area contributed by atoms with E-state index in [1.807, 2.05) is 6.08 Å². The van der Waals surface area contributed by atoms with Crippen LogP contribution in [-0.2, 0) is 4.79 Å². The predicted octanol–water partition coefficient (Wildman–Crippen LogP) is 3.90. The number of allylic oxidation sites excluding steroid dienone is 4. The number of ketones is 1. The van der Waals surface area contributed by atoms with Gasteiger partial charge in [0.25, 0.3) is 0 Å². The van der Waals surface area contributed by atoms with Crippen LogP contribution in [0.5, 0.6) is 0 Å². The van der Waals surface area contributed by atoms with Crippen molar-refractivity contribution in [2.45, 2.75) is 48.0 Å². The van der Waals surface area contributed by atoms with Crippen LogP contribution in [0, 0.1) is 10.8 Å². The molecule has 15 heavy (non-hydrogen) atoms. The Morgan fingerprint density at radius 2 is 1.40 bits per heavy atom. The summed E-state index contributed by atoms with van der Waals surface area (Å²) in [5.74, 6) is 0.230. The largest absolute Gasteiger partial charge is 0.294 e. The normalized spacial score (nSPS) is 18.7. The molecule has 0 aliphatic heterocycles. The van der Waals surface area contributed by atoms with Gasteiger partial charge in [0.2, 0.25) is 0 Å². The van der Waals surface area contributed by atoms with E-state index in [1.54, 1.807) is 0 Å². The minimum atomic E-state index is 0.0508.